The number of nitriles is 1. The molecule has 1 heterocycles. The topological polar surface area (TPSA) is 109 Å². The molecule has 0 aliphatic carbocycles. The number of benzene rings is 2. The lowest BCUT2D eigenvalue weighted by Crippen LogP contribution is -2.12. The van der Waals surface area contributed by atoms with Gasteiger partial charge in [-0.1, -0.05) is 24.3 Å². The zero-order valence-corrected chi connectivity index (χ0v) is 14.4. The van der Waals surface area contributed by atoms with Crippen molar-refractivity contribution in [3.63, 3.8) is 0 Å². The maximum Gasteiger partial charge on any atom is 0.270 e. The molecular weight excluding hydrogens is 346 g/mol. The van der Waals surface area contributed by atoms with Crippen molar-refractivity contribution < 1.29 is 9.66 Å². The van der Waals surface area contributed by atoms with Crippen molar-refractivity contribution >= 4 is 5.69 Å². The third kappa shape index (κ3) is 3.70. The molecule has 27 heavy (non-hydrogen) atoms. The number of ether oxygens (including phenoxy) is 1. The smallest absolute Gasteiger partial charge is 0.270 e. The van der Waals surface area contributed by atoms with Gasteiger partial charge in [-0.25, -0.2) is 0 Å². The van der Waals surface area contributed by atoms with Gasteiger partial charge in [0.1, 0.15) is 17.4 Å². The van der Waals surface area contributed by atoms with Gasteiger partial charge in [0.2, 0.25) is 0 Å². The first-order valence-corrected chi connectivity index (χ1v) is 8.19. The normalized spacial score (nSPS) is 10.2. The van der Waals surface area contributed by atoms with Gasteiger partial charge in [0.05, 0.1) is 11.5 Å². The molecule has 0 amide bonds. The van der Waals surface area contributed by atoms with Gasteiger partial charge in [-0.05, 0) is 30.7 Å². The molecular formula is C20H15N3O4. The maximum absolute atomic E-state index is 12.4. The molecule has 0 saturated heterocycles. The first-order chi connectivity index (χ1) is 13.0. The first kappa shape index (κ1) is 17.9. The van der Waals surface area contributed by atoms with Gasteiger partial charge in [-0.15, -0.1) is 0 Å². The number of hydrogen-bond acceptors (Lipinski definition) is 5. The highest BCUT2D eigenvalue weighted by atomic mass is 16.6. The Morgan fingerprint density at radius 1 is 1.15 bits per heavy atom. The Morgan fingerprint density at radius 3 is 2.52 bits per heavy atom. The fraction of sp³-hybridized carbons (Fsp3) is 0.100. The van der Waals surface area contributed by atoms with E-state index in [-0.39, 0.29) is 11.3 Å². The molecule has 0 bridgehead atoms. The minimum absolute atomic E-state index is 0.0201. The van der Waals surface area contributed by atoms with E-state index in [1.54, 1.807) is 42.5 Å². The highest BCUT2D eigenvalue weighted by molar-refractivity contribution is 5.76. The van der Waals surface area contributed by atoms with E-state index in [2.05, 4.69) is 4.98 Å². The molecule has 0 unspecified atom stereocenters. The number of aromatic nitrogens is 1. The summed E-state index contributed by atoms with van der Waals surface area (Å²) in [6.07, 6.45) is 0. The predicted molar refractivity (Wildman–Crippen MR) is 100 cm³/mol. The number of hydrogen-bond donors (Lipinski definition) is 1. The number of non-ortho nitro benzene ring substituents is 1. The van der Waals surface area contributed by atoms with Crippen molar-refractivity contribution in [3.8, 4) is 34.2 Å². The van der Waals surface area contributed by atoms with Gasteiger partial charge in [0.15, 0.2) is 0 Å². The molecule has 0 aliphatic heterocycles. The van der Waals surface area contributed by atoms with E-state index in [1.807, 2.05) is 13.0 Å². The first-order valence-electron chi connectivity index (χ1n) is 8.19. The summed E-state index contributed by atoms with van der Waals surface area (Å²) in [5.74, 6) is 0.684. The summed E-state index contributed by atoms with van der Waals surface area (Å²) < 4.78 is 5.41. The average molecular weight is 361 g/mol. The van der Waals surface area contributed by atoms with Crippen molar-refractivity contribution in [3.05, 3.63) is 80.6 Å². The maximum atomic E-state index is 12.4. The highest BCUT2D eigenvalue weighted by Crippen LogP contribution is 2.29. The molecule has 1 N–H and O–H groups in total. The molecule has 3 aromatic rings. The number of nitrogens with zero attached hydrogens (tertiary/aromatic N) is 2. The third-order valence-electron chi connectivity index (χ3n) is 3.99. The van der Waals surface area contributed by atoms with Crippen LogP contribution in [0.4, 0.5) is 5.69 Å². The predicted octanol–water partition coefficient (Wildman–Crippen LogP) is 3.89. The van der Waals surface area contributed by atoms with E-state index in [0.29, 0.717) is 34.7 Å². The molecule has 3 rings (SSSR count). The number of pyridine rings is 1. The quantitative estimate of drug-likeness (QED) is 0.548. The molecule has 7 nitrogen and oxygen atoms in total. The Bertz CT molecular complexity index is 1100. The van der Waals surface area contributed by atoms with Crippen LogP contribution in [0.3, 0.4) is 0 Å². The summed E-state index contributed by atoms with van der Waals surface area (Å²) in [6.45, 7) is 2.41. The number of aromatic amines is 1. The van der Waals surface area contributed by atoms with Gasteiger partial charge in [0.25, 0.3) is 11.2 Å². The van der Waals surface area contributed by atoms with Crippen LogP contribution < -0.4 is 10.3 Å². The number of nitrogens with one attached hydrogen (secondary N) is 1. The lowest BCUT2D eigenvalue weighted by atomic mass is 9.99. The summed E-state index contributed by atoms with van der Waals surface area (Å²) in [5.41, 5.74) is 1.35. The number of H-pyrrole nitrogens is 1. The molecule has 0 fully saturated rings. The van der Waals surface area contributed by atoms with Crippen LogP contribution in [-0.4, -0.2) is 16.5 Å². The SMILES string of the molecule is CCOc1ccc(-c2cc(-c3cccc([N+](=O)[O-])c3)[nH]c(=O)c2C#N)cc1. The lowest BCUT2D eigenvalue weighted by molar-refractivity contribution is -0.384. The highest BCUT2D eigenvalue weighted by Gasteiger charge is 2.14. The minimum Gasteiger partial charge on any atom is -0.494 e. The van der Waals surface area contributed by atoms with Gasteiger partial charge >= 0.3 is 0 Å². The standard InChI is InChI=1S/C20H15N3O4/c1-2-27-16-8-6-13(7-9-16)17-11-19(22-20(24)18(17)12-21)14-4-3-5-15(10-14)23(25)26/h3-11H,2H2,1H3,(H,22,24). The van der Waals surface area contributed by atoms with Crippen LogP contribution in [0.2, 0.25) is 0 Å². The molecule has 0 radical (unpaired) electrons. The van der Waals surface area contributed by atoms with Crippen LogP contribution in [0.1, 0.15) is 12.5 Å². The number of nitro groups is 1. The van der Waals surface area contributed by atoms with Crippen LogP contribution in [-0.2, 0) is 0 Å². The second kappa shape index (κ2) is 7.54. The van der Waals surface area contributed by atoms with Crippen LogP contribution in [0, 0.1) is 21.4 Å². The Balaban J connectivity index is 2.14. The van der Waals surface area contributed by atoms with E-state index < -0.39 is 10.5 Å². The van der Waals surface area contributed by atoms with Gasteiger partial charge in [-0.2, -0.15) is 5.26 Å². The Labute approximate surface area is 154 Å². The molecule has 0 spiro atoms. The van der Waals surface area contributed by atoms with Crippen molar-refractivity contribution in [2.24, 2.45) is 0 Å². The Hall–Kier alpha value is -3.92. The average Bonchev–Trinajstić information content (AvgIpc) is 2.68. The molecule has 7 heteroatoms. The fourth-order valence-electron chi connectivity index (χ4n) is 2.74. The van der Waals surface area contributed by atoms with E-state index in [1.165, 1.54) is 12.1 Å². The zero-order chi connectivity index (χ0) is 19.4. The molecule has 0 aliphatic rings. The summed E-state index contributed by atoms with van der Waals surface area (Å²) in [5, 5.41) is 20.4. The monoisotopic (exact) mass is 361 g/mol. The Kier molecular flexibility index (Phi) is 4.99. The van der Waals surface area contributed by atoms with E-state index >= 15 is 0 Å². The molecule has 2 aromatic carbocycles. The van der Waals surface area contributed by atoms with Crippen molar-refractivity contribution in [1.82, 2.24) is 4.98 Å². The number of nitro benzene ring substituents is 1. The van der Waals surface area contributed by atoms with Crippen LogP contribution >= 0.6 is 0 Å². The summed E-state index contributed by atoms with van der Waals surface area (Å²) in [6, 6.07) is 16.6. The van der Waals surface area contributed by atoms with E-state index in [4.69, 9.17) is 4.74 Å². The van der Waals surface area contributed by atoms with Gasteiger partial charge in [0, 0.05) is 29.0 Å². The Morgan fingerprint density at radius 2 is 1.89 bits per heavy atom. The molecule has 134 valence electrons. The minimum atomic E-state index is -0.551. The largest absolute Gasteiger partial charge is 0.494 e. The molecule has 1 aromatic heterocycles. The van der Waals surface area contributed by atoms with Gasteiger partial charge in [-0.3, -0.25) is 14.9 Å². The molecule has 0 saturated carbocycles. The summed E-state index contributed by atoms with van der Waals surface area (Å²) >= 11 is 0. The second-order valence-corrected chi connectivity index (χ2v) is 5.68. The van der Waals surface area contributed by atoms with Crippen LogP contribution in [0.5, 0.6) is 5.75 Å². The van der Waals surface area contributed by atoms with Crippen molar-refractivity contribution in [2.75, 3.05) is 6.61 Å². The van der Waals surface area contributed by atoms with Crippen molar-refractivity contribution in [1.29, 1.82) is 5.26 Å². The zero-order valence-electron chi connectivity index (χ0n) is 14.4. The molecule has 0 atom stereocenters. The van der Waals surface area contributed by atoms with Gasteiger partial charge < -0.3 is 9.72 Å². The number of rotatable bonds is 5. The van der Waals surface area contributed by atoms with E-state index in [9.17, 15) is 20.2 Å². The fourth-order valence-corrected chi connectivity index (χ4v) is 2.74. The summed E-state index contributed by atoms with van der Waals surface area (Å²) in [4.78, 5) is 25.5. The second-order valence-electron chi connectivity index (χ2n) is 5.68. The van der Waals surface area contributed by atoms with Crippen molar-refractivity contribution in [2.45, 2.75) is 6.92 Å². The lowest BCUT2D eigenvalue weighted by Gasteiger charge is -2.09. The van der Waals surface area contributed by atoms with Crippen LogP contribution in [0.25, 0.3) is 22.4 Å². The van der Waals surface area contributed by atoms with Crippen LogP contribution in [0.15, 0.2) is 59.4 Å². The van der Waals surface area contributed by atoms with E-state index in [0.717, 1.165) is 0 Å². The third-order valence-corrected chi connectivity index (χ3v) is 3.99. The summed E-state index contributed by atoms with van der Waals surface area (Å²) in [7, 11) is 0.